The van der Waals surface area contributed by atoms with Gasteiger partial charge in [-0.1, -0.05) is 17.8 Å². The van der Waals surface area contributed by atoms with E-state index >= 15 is 0 Å². The van der Waals surface area contributed by atoms with E-state index in [-0.39, 0.29) is 30.1 Å². The molecule has 3 heterocycles. The normalized spacial score (nSPS) is 17.2. The SMILES string of the molecule is Cc1sc(N2CCN(C)CC2)nc1Nc1ncc(C(F)(F)F)c(NCCCNC(=O)C2CCC2)n1. The Morgan fingerprint density at radius 2 is 1.89 bits per heavy atom. The van der Waals surface area contributed by atoms with Crippen molar-refractivity contribution >= 4 is 40.0 Å². The van der Waals surface area contributed by atoms with Crippen LogP contribution in [0.3, 0.4) is 0 Å². The molecule has 2 aliphatic rings. The zero-order valence-corrected chi connectivity index (χ0v) is 20.7. The number of nitrogens with zero attached hydrogens (tertiary/aromatic N) is 5. The minimum absolute atomic E-state index is 0.0235. The molecule has 3 N–H and O–H groups in total. The number of nitrogens with one attached hydrogen (secondary N) is 3. The van der Waals surface area contributed by atoms with E-state index in [1.165, 1.54) is 11.3 Å². The number of carbonyl (C=O) groups excluding carboxylic acids is 1. The fourth-order valence-electron chi connectivity index (χ4n) is 3.84. The van der Waals surface area contributed by atoms with Crippen molar-refractivity contribution < 1.29 is 18.0 Å². The van der Waals surface area contributed by atoms with Crippen molar-refractivity contribution in [1.82, 2.24) is 25.2 Å². The highest BCUT2D eigenvalue weighted by Crippen LogP contribution is 2.35. The number of piperazine rings is 1. The number of alkyl halides is 3. The lowest BCUT2D eigenvalue weighted by Crippen LogP contribution is -2.44. The first kappa shape index (κ1) is 25.4. The topological polar surface area (TPSA) is 98.3 Å². The molecule has 1 aliphatic carbocycles. The largest absolute Gasteiger partial charge is 0.421 e. The van der Waals surface area contributed by atoms with Gasteiger partial charge in [0.05, 0.1) is 0 Å². The van der Waals surface area contributed by atoms with Crippen LogP contribution in [0.5, 0.6) is 0 Å². The molecule has 1 saturated carbocycles. The number of amides is 1. The molecule has 0 spiro atoms. The van der Waals surface area contributed by atoms with Gasteiger partial charge in [-0.3, -0.25) is 4.79 Å². The molecule has 0 radical (unpaired) electrons. The van der Waals surface area contributed by atoms with Gasteiger partial charge in [-0.15, -0.1) is 0 Å². The molecular formula is C22H31F3N8OS. The fourth-order valence-corrected chi connectivity index (χ4v) is 4.76. The number of likely N-dealkylation sites (N-methyl/N-ethyl adjacent to an activating group) is 1. The molecule has 2 fully saturated rings. The maximum Gasteiger partial charge on any atom is 0.421 e. The summed E-state index contributed by atoms with van der Waals surface area (Å²) in [4.78, 5) is 29.9. The second kappa shape index (κ2) is 10.9. The van der Waals surface area contributed by atoms with E-state index < -0.39 is 11.7 Å². The van der Waals surface area contributed by atoms with Crippen LogP contribution in [-0.4, -0.2) is 72.1 Å². The number of hydrogen-bond acceptors (Lipinski definition) is 9. The molecule has 0 aromatic carbocycles. The van der Waals surface area contributed by atoms with Gasteiger partial charge in [0, 0.05) is 56.3 Å². The molecule has 35 heavy (non-hydrogen) atoms. The summed E-state index contributed by atoms with van der Waals surface area (Å²) in [6, 6.07) is 0. The number of aryl methyl sites for hydroxylation is 1. The van der Waals surface area contributed by atoms with Gasteiger partial charge in [0.15, 0.2) is 5.13 Å². The minimum atomic E-state index is -4.59. The maximum atomic E-state index is 13.5. The molecule has 0 bridgehead atoms. The van der Waals surface area contributed by atoms with Gasteiger partial charge in [0.25, 0.3) is 0 Å². The van der Waals surface area contributed by atoms with Crippen LogP contribution in [0.1, 0.15) is 36.1 Å². The Bertz CT molecular complexity index is 1020. The van der Waals surface area contributed by atoms with E-state index in [1.807, 2.05) is 6.92 Å². The first-order valence-corrected chi connectivity index (χ1v) is 12.7. The van der Waals surface area contributed by atoms with Crippen molar-refractivity contribution in [2.75, 3.05) is 61.8 Å². The van der Waals surface area contributed by atoms with E-state index in [0.29, 0.717) is 18.8 Å². The number of aromatic nitrogens is 3. The van der Waals surface area contributed by atoms with Crippen LogP contribution < -0.4 is 20.9 Å². The lowest BCUT2D eigenvalue weighted by Gasteiger charge is -2.32. The Balaban J connectivity index is 1.38. The summed E-state index contributed by atoms with van der Waals surface area (Å²) < 4.78 is 40.5. The van der Waals surface area contributed by atoms with E-state index in [1.54, 1.807) is 0 Å². The van der Waals surface area contributed by atoms with Crippen molar-refractivity contribution in [3.8, 4) is 0 Å². The zero-order valence-electron chi connectivity index (χ0n) is 19.9. The summed E-state index contributed by atoms with van der Waals surface area (Å²) >= 11 is 1.53. The highest BCUT2D eigenvalue weighted by Gasteiger charge is 2.35. The third kappa shape index (κ3) is 6.51. The molecule has 1 aliphatic heterocycles. The molecule has 4 rings (SSSR count). The number of anilines is 4. The first-order chi connectivity index (χ1) is 16.7. The molecule has 192 valence electrons. The molecular weight excluding hydrogens is 481 g/mol. The van der Waals surface area contributed by atoms with Crippen molar-refractivity contribution in [2.45, 2.75) is 38.8 Å². The van der Waals surface area contributed by atoms with Crippen LogP contribution in [0, 0.1) is 12.8 Å². The van der Waals surface area contributed by atoms with Crippen LogP contribution >= 0.6 is 11.3 Å². The first-order valence-electron chi connectivity index (χ1n) is 11.8. The lowest BCUT2D eigenvalue weighted by molar-refractivity contribution is -0.137. The Morgan fingerprint density at radius 1 is 1.14 bits per heavy atom. The number of rotatable bonds is 9. The molecule has 2 aromatic rings. The summed E-state index contributed by atoms with van der Waals surface area (Å²) in [7, 11) is 2.08. The molecule has 9 nitrogen and oxygen atoms in total. The third-order valence-corrected chi connectivity index (χ3v) is 7.34. The van der Waals surface area contributed by atoms with Gasteiger partial charge >= 0.3 is 6.18 Å². The summed E-state index contributed by atoms with van der Waals surface area (Å²) in [5.74, 6) is 0.384. The standard InChI is InChI=1S/C22H31F3N8OS/c1-14-17(31-21(35-14)33-11-9-32(2)10-12-33)29-20-28-13-16(22(23,24)25)18(30-20)26-7-4-8-27-19(34)15-5-3-6-15/h13,15H,3-12H2,1-2H3,(H,27,34)(H2,26,28,29,30). The molecule has 1 amide bonds. The van der Waals surface area contributed by atoms with Gasteiger partial charge in [-0.25, -0.2) is 9.97 Å². The number of carbonyl (C=O) groups is 1. The van der Waals surface area contributed by atoms with Gasteiger partial charge < -0.3 is 25.8 Å². The fraction of sp³-hybridized carbons (Fsp3) is 0.636. The molecule has 0 unspecified atom stereocenters. The lowest BCUT2D eigenvalue weighted by atomic mass is 9.85. The van der Waals surface area contributed by atoms with Crippen LogP contribution in [0.15, 0.2) is 6.20 Å². The van der Waals surface area contributed by atoms with Crippen molar-refractivity contribution in [1.29, 1.82) is 0 Å². The van der Waals surface area contributed by atoms with E-state index in [4.69, 9.17) is 0 Å². The van der Waals surface area contributed by atoms with E-state index in [9.17, 15) is 18.0 Å². The van der Waals surface area contributed by atoms with Crippen molar-refractivity contribution in [3.05, 3.63) is 16.6 Å². The van der Waals surface area contributed by atoms with Gasteiger partial charge in [-0.2, -0.15) is 18.2 Å². The molecule has 0 atom stereocenters. The third-order valence-electron chi connectivity index (χ3n) is 6.30. The average Bonchev–Trinajstić information content (AvgIpc) is 3.12. The summed E-state index contributed by atoms with van der Waals surface area (Å²) in [5.41, 5.74) is -0.935. The highest BCUT2D eigenvalue weighted by molar-refractivity contribution is 7.16. The number of hydrogen-bond donors (Lipinski definition) is 3. The summed E-state index contributed by atoms with van der Waals surface area (Å²) in [6.07, 6.45) is -0.455. The number of thiazole rings is 1. The predicted octanol–water partition coefficient (Wildman–Crippen LogP) is 3.47. The Morgan fingerprint density at radius 3 is 2.54 bits per heavy atom. The van der Waals surface area contributed by atoms with Crippen LogP contribution in [0.25, 0.3) is 0 Å². The second-order valence-electron chi connectivity index (χ2n) is 8.97. The summed E-state index contributed by atoms with van der Waals surface area (Å²) in [6.45, 7) is 6.16. The molecule has 13 heteroatoms. The van der Waals surface area contributed by atoms with Crippen molar-refractivity contribution in [2.24, 2.45) is 5.92 Å². The Kier molecular flexibility index (Phi) is 7.95. The summed E-state index contributed by atoms with van der Waals surface area (Å²) in [5, 5.41) is 9.44. The minimum Gasteiger partial charge on any atom is -0.369 e. The van der Waals surface area contributed by atoms with Gasteiger partial charge in [0.2, 0.25) is 11.9 Å². The molecule has 2 aromatic heterocycles. The quantitative estimate of drug-likeness (QED) is 0.440. The Labute approximate surface area is 206 Å². The highest BCUT2D eigenvalue weighted by atomic mass is 32.1. The Hall–Kier alpha value is -2.67. The predicted molar refractivity (Wildman–Crippen MR) is 130 cm³/mol. The average molecular weight is 513 g/mol. The van der Waals surface area contributed by atoms with Gasteiger partial charge in [-0.05, 0) is 33.2 Å². The zero-order chi connectivity index (χ0) is 25.0. The van der Waals surface area contributed by atoms with E-state index in [0.717, 1.165) is 61.6 Å². The maximum absolute atomic E-state index is 13.5. The van der Waals surface area contributed by atoms with Crippen molar-refractivity contribution in [3.63, 3.8) is 0 Å². The smallest absolute Gasteiger partial charge is 0.369 e. The number of halogens is 3. The van der Waals surface area contributed by atoms with Crippen LogP contribution in [-0.2, 0) is 11.0 Å². The monoisotopic (exact) mass is 512 g/mol. The molecule has 1 saturated heterocycles. The van der Waals surface area contributed by atoms with Crippen LogP contribution in [0.4, 0.5) is 35.9 Å². The van der Waals surface area contributed by atoms with Gasteiger partial charge in [0.1, 0.15) is 17.2 Å². The second-order valence-corrected chi connectivity index (χ2v) is 10.2. The van der Waals surface area contributed by atoms with E-state index in [2.05, 4.69) is 47.7 Å². The van der Waals surface area contributed by atoms with Crippen LogP contribution in [0.2, 0.25) is 0 Å².